The van der Waals surface area contributed by atoms with Gasteiger partial charge in [0.05, 0.1) is 25.4 Å². The Kier molecular flexibility index (Phi) is 5.13. The Hall–Kier alpha value is -2.60. The minimum atomic E-state index is -0.509. The molecule has 2 atom stereocenters. The summed E-state index contributed by atoms with van der Waals surface area (Å²) in [4.78, 5) is 12.4. The first-order chi connectivity index (χ1) is 12.4. The third kappa shape index (κ3) is 3.96. The van der Waals surface area contributed by atoms with Crippen molar-refractivity contribution in [2.45, 2.75) is 31.4 Å². The van der Waals surface area contributed by atoms with Crippen LogP contribution in [-0.4, -0.2) is 31.4 Å². The smallest absolute Gasteiger partial charge is 0.319 e. The van der Waals surface area contributed by atoms with Gasteiger partial charge in [-0.05, 0) is 55.8 Å². The first-order valence-electron chi connectivity index (χ1n) is 8.50. The molecule has 0 saturated carbocycles. The van der Waals surface area contributed by atoms with E-state index < -0.39 is 5.60 Å². The van der Waals surface area contributed by atoms with Gasteiger partial charge in [0.25, 0.3) is 0 Å². The minimum Gasteiger partial charge on any atom is -0.497 e. The van der Waals surface area contributed by atoms with Crippen LogP contribution in [-0.2, 0) is 4.74 Å². The molecule has 1 heterocycles. The summed E-state index contributed by atoms with van der Waals surface area (Å²) in [6, 6.07) is 12.9. The van der Waals surface area contributed by atoms with E-state index in [9.17, 15) is 9.18 Å². The number of hydrogen-bond acceptors (Lipinski definition) is 3. The van der Waals surface area contributed by atoms with E-state index in [0.717, 1.165) is 11.3 Å². The van der Waals surface area contributed by atoms with Gasteiger partial charge in [-0.3, -0.25) is 0 Å². The zero-order chi connectivity index (χ0) is 18.7. The number of amides is 2. The van der Waals surface area contributed by atoms with Gasteiger partial charge in [0.2, 0.25) is 0 Å². The quantitative estimate of drug-likeness (QED) is 0.871. The molecule has 0 unspecified atom stereocenters. The van der Waals surface area contributed by atoms with Crippen molar-refractivity contribution in [3.63, 3.8) is 0 Å². The molecule has 6 heteroatoms. The van der Waals surface area contributed by atoms with Gasteiger partial charge in [0, 0.05) is 11.6 Å². The van der Waals surface area contributed by atoms with E-state index in [2.05, 4.69) is 10.6 Å². The Balaban J connectivity index is 1.73. The third-order valence-corrected chi connectivity index (χ3v) is 4.72. The first kappa shape index (κ1) is 18.2. The van der Waals surface area contributed by atoms with Crippen LogP contribution in [0.3, 0.4) is 0 Å². The maximum absolute atomic E-state index is 13.0. The summed E-state index contributed by atoms with van der Waals surface area (Å²) in [7, 11) is 1.63. The lowest BCUT2D eigenvalue weighted by atomic mass is 9.86. The average Bonchev–Trinajstić information content (AvgIpc) is 2.92. The molecule has 26 heavy (non-hydrogen) atoms. The van der Waals surface area contributed by atoms with Crippen molar-refractivity contribution >= 4 is 11.7 Å². The molecular weight excluding hydrogens is 335 g/mol. The summed E-state index contributed by atoms with van der Waals surface area (Å²) in [5.41, 5.74) is 1.09. The number of carbonyl (C=O) groups is 1. The van der Waals surface area contributed by atoms with Crippen LogP contribution >= 0.6 is 0 Å². The maximum Gasteiger partial charge on any atom is 0.319 e. The summed E-state index contributed by atoms with van der Waals surface area (Å²) < 4.78 is 24.1. The first-order valence-corrected chi connectivity index (χ1v) is 8.50. The molecule has 0 aliphatic carbocycles. The molecule has 2 aromatic carbocycles. The standard InChI is InChI=1S/C20H23FN2O3/c1-20(2)18(23-19(24)22-15-8-6-14(21)7-9-15)17(12-26-20)13-4-10-16(25-3)11-5-13/h4-11,17-18H,12H2,1-3H3,(H2,22,23,24)/t17-,18+/m0/s1. The van der Waals surface area contributed by atoms with Crippen LogP contribution in [0, 0.1) is 5.82 Å². The van der Waals surface area contributed by atoms with Gasteiger partial charge in [-0.25, -0.2) is 9.18 Å². The number of benzene rings is 2. The Morgan fingerprint density at radius 1 is 1.15 bits per heavy atom. The van der Waals surface area contributed by atoms with Crippen molar-refractivity contribution in [3.05, 3.63) is 59.9 Å². The number of anilines is 1. The fourth-order valence-electron chi connectivity index (χ4n) is 3.23. The highest BCUT2D eigenvalue weighted by Crippen LogP contribution is 2.37. The Morgan fingerprint density at radius 2 is 1.81 bits per heavy atom. The van der Waals surface area contributed by atoms with Crippen molar-refractivity contribution in [1.82, 2.24) is 5.32 Å². The molecule has 138 valence electrons. The monoisotopic (exact) mass is 358 g/mol. The SMILES string of the molecule is COc1ccc([C@@H]2COC(C)(C)[C@@H]2NC(=O)Nc2ccc(F)cc2)cc1. The van der Waals surface area contributed by atoms with E-state index in [1.54, 1.807) is 7.11 Å². The van der Waals surface area contributed by atoms with Crippen LogP contribution in [0.5, 0.6) is 5.75 Å². The van der Waals surface area contributed by atoms with E-state index in [0.29, 0.717) is 12.3 Å². The van der Waals surface area contributed by atoms with Crippen LogP contribution in [0.1, 0.15) is 25.3 Å². The Bertz CT molecular complexity index is 760. The molecule has 2 amide bonds. The number of rotatable bonds is 4. The molecule has 0 radical (unpaired) electrons. The molecule has 2 aromatic rings. The van der Waals surface area contributed by atoms with Crippen LogP contribution in [0.25, 0.3) is 0 Å². The maximum atomic E-state index is 13.0. The zero-order valence-corrected chi connectivity index (χ0v) is 15.1. The normalized spacial score (nSPS) is 21.2. The fourth-order valence-corrected chi connectivity index (χ4v) is 3.23. The number of halogens is 1. The molecule has 1 aliphatic rings. The number of ether oxygens (including phenoxy) is 2. The van der Waals surface area contributed by atoms with Gasteiger partial charge in [-0.2, -0.15) is 0 Å². The molecule has 0 aromatic heterocycles. The second-order valence-electron chi connectivity index (χ2n) is 6.88. The number of urea groups is 1. The lowest BCUT2D eigenvalue weighted by Gasteiger charge is -2.30. The van der Waals surface area contributed by atoms with Gasteiger partial charge in [-0.15, -0.1) is 0 Å². The topological polar surface area (TPSA) is 59.6 Å². The molecule has 1 saturated heterocycles. The van der Waals surface area contributed by atoms with E-state index in [1.165, 1.54) is 24.3 Å². The van der Waals surface area contributed by atoms with Crippen molar-refractivity contribution in [2.75, 3.05) is 19.0 Å². The van der Waals surface area contributed by atoms with Crippen LogP contribution in [0.15, 0.2) is 48.5 Å². The number of hydrogen-bond donors (Lipinski definition) is 2. The van der Waals surface area contributed by atoms with Gasteiger partial charge < -0.3 is 20.1 Å². The molecule has 0 spiro atoms. The fraction of sp³-hybridized carbons (Fsp3) is 0.350. The molecule has 1 fully saturated rings. The second-order valence-corrected chi connectivity index (χ2v) is 6.88. The second kappa shape index (κ2) is 7.33. The van der Waals surface area contributed by atoms with E-state index in [4.69, 9.17) is 9.47 Å². The average molecular weight is 358 g/mol. The largest absolute Gasteiger partial charge is 0.497 e. The highest BCUT2D eigenvalue weighted by Gasteiger charge is 2.44. The predicted molar refractivity (Wildman–Crippen MR) is 98.1 cm³/mol. The van der Waals surface area contributed by atoms with E-state index >= 15 is 0 Å². The summed E-state index contributed by atoms with van der Waals surface area (Å²) in [5, 5.41) is 5.74. The van der Waals surface area contributed by atoms with Crippen molar-refractivity contribution in [1.29, 1.82) is 0 Å². The number of methoxy groups -OCH3 is 1. The van der Waals surface area contributed by atoms with Crippen molar-refractivity contribution in [2.24, 2.45) is 0 Å². The molecule has 2 N–H and O–H groups in total. The van der Waals surface area contributed by atoms with E-state index in [-0.39, 0.29) is 23.8 Å². The van der Waals surface area contributed by atoms with Gasteiger partial charge in [0.15, 0.2) is 0 Å². The lowest BCUT2D eigenvalue weighted by Crippen LogP contribution is -2.50. The summed E-state index contributed by atoms with van der Waals surface area (Å²) >= 11 is 0. The van der Waals surface area contributed by atoms with Crippen LogP contribution in [0.2, 0.25) is 0 Å². The van der Waals surface area contributed by atoms with E-state index in [1.807, 2.05) is 38.1 Å². The van der Waals surface area contributed by atoms with Crippen LogP contribution < -0.4 is 15.4 Å². The number of nitrogens with one attached hydrogen (secondary N) is 2. The summed E-state index contributed by atoms with van der Waals surface area (Å²) in [6.45, 7) is 4.43. The van der Waals surface area contributed by atoms with Gasteiger partial charge in [0.1, 0.15) is 11.6 Å². The molecule has 0 bridgehead atoms. The van der Waals surface area contributed by atoms with Gasteiger partial charge in [-0.1, -0.05) is 12.1 Å². The third-order valence-electron chi connectivity index (χ3n) is 4.72. The molecule has 1 aliphatic heterocycles. The predicted octanol–water partition coefficient (Wildman–Crippen LogP) is 3.92. The zero-order valence-electron chi connectivity index (χ0n) is 15.1. The Labute approximate surface area is 152 Å². The minimum absolute atomic E-state index is 0.0230. The van der Waals surface area contributed by atoms with Crippen LogP contribution in [0.4, 0.5) is 14.9 Å². The van der Waals surface area contributed by atoms with Gasteiger partial charge >= 0.3 is 6.03 Å². The summed E-state index contributed by atoms with van der Waals surface area (Å²) in [5.74, 6) is 0.459. The van der Waals surface area contributed by atoms with Crippen molar-refractivity contribution in [3.8, 4) is 5.75 Å². The lowest BCUT2D eigenvalue weighted by molar-refractivity contribution is 0.0237. The molecule has 3 rings (SSSR count). The highest BCUT2D eigenvalue weighted by atomic mass is 19.1. The highest BCUT2D eigenvalue weighted by molar-refractivity contribution is 5.89. The Morgan fingerprint density at radius 3 is 2.42 bits per heavy atom. The molecular formula is C20H23FN2O3. The van der Waals surface area contributed by atoms with Crippen molar-refractivity contribution < 1.29 is 18.7 Å². The number of carbonyl (C=O) groups excluding carboxylic acids is 1. The summed E-state index contributed by atoms with van der Waals surface area (Å²) in [6.07, 6.45) is 0. The molecule has 5 nitrogen and oxygen atoms in total.